The first-order valence-electron chi connectivity index (χ1n) is 10.1. The SMILES string of the molecule is CCOc1ccc(CN2CCN(C(=O)C(C)C(N)c3ccccc3)CC2)cc1. The maximum atomic E-state index is 12.9. The third-order valence-corrected chi connectivity index (χ3v) is 5.44. The first kappa shape index (κ1) is 20.4. The molecule has 5 nitrogen and oxygen atoms in total. The molecule has 0 saturated carbocycles. The highest BCUT2D eigenvalue weighted by atomic mass is 16.5. The van der Waals surface area contributed by atoms with E-state index in [2.05, 4.69) is 17.0 Å². The molecule has 3 rings (SSSR count). The monoisotopic (exact) mass is 381 g/mol. The van der Waals surface area contributed by atoms with Crippen LogP contribution in [0.4, 0.5) is 0 Å². The first-order valence-corrected chi connectivity index (χ1v) is 10.1. The molecular formula is C23H31N3O2. The van der Waals surface area contributed by atoms with Crippen molar-refractivity contribution in [2.75, 3.05) is 32.8 Å². The van der Waals surface area contributed by atoms with E-state index in [1.807, 2.05) is 61.2 Å². The Hall–Kier alpha value is -2.37. The summed E-state index contributed by atoms with van der Waals surface area (Å²) in [5.74, 6) is 0.836. The minimum absolute atomic E-state index is 0.150. The Morgan fingerprint density at radius 3 is 2.29 bits per heavy atom. The van der Waals surface area contributed by atoms with Crippen LogP contribution in [0.3, 0.4) is 0 Å². The van der Waals surface area contributed by atoms with Gasteiger partial charge in [-0.25, -0.2) is 0 Å². The van der Waals surface area contributed by atoms with Crippen LogP contribution >= 0.6 is 0 Å². The second-order valence-electron chi connectivity index (χ2n) is 7.40. The van der Waals surface area contributed by atoms with E-state index in [9.17, 15) is 4.79 Å². The van der Waals surface area contributed by atoms with Gasteiger partial charge in [0.1, 0.15) is 5.75 Å². The number of hydrogen-bond donors (Lipinski definition) is 1. The highest BCUT2D eigenvalue weighted by Gasteiger charge is 2.29. The smallest absolute Gasteiger partial charge is 0.227 e. The highest BCUT2D eigenvalue weighted by molar-refractivity contribution is 5.79. The van der Waals surface area contributed by atoms with Gasteiger partial charge >= 0.3 is 0 Å². The molecule has 0 radical (unpaired) electrons. The summed E-state index contributed by atoms with van der Waals surface area (Å²) in [5.41, 5.74) is 8.62. The lowest BCUT2D eigenvalue weighted by molar-refractivity contribution is -0.137. The Bertz CT molecular complexity index is 740. The number of nitrogens with zero attached hydrogens (tertiary/aromatic N) is 2. The van der Waals surface area contributed by atoms with Crippen LogP contribution in [0, 0.1) is 5.92 Å². The zero-order valence-corrected chi connectivity index (χ0v) is 16.9. The number of hydrogen-bond acceptors (Lipinski definition) is 4. The second-order valence-corrected chi connectivity index (χ2v) is 7.40. The van der Waals surface area contributed by atoms with Gasteiger partial charge in [0.05, 0.1) is 12.5 Å². The normalized spacial score (nSPS) is 17.2. The summed E-state index contributed by atoms with van der Waals surface area (Å²) in [5, 5.41) is 0. The van der Waals surface area contributed by atoms with Crippen molar-refractivity contribution in [3.8, 4) is 5.75 Å². The van der Waals surface area contributed by atoms with E-state index in [-0.39, 0.29) is 17.9 Å². The summed E-state index contributed by atoms with van der Waals surface area (Å²) in [6.07, 6.45) is 0. The quantitative estimate of drug-likeness (QED) is 0.801. The van der Waals surface area contributed by atoms with Gasteiger partial charge in [0.15, 0.2) is 0 Å². The molecule has 150 valence electrons. The van der Waals surface area contributed by atoms with Gasteiger partial charge in [-0.3, -0.25) is 9.69 Å². The molecule has 0 bridgehead atoms. The first-order chi connectivity index (χ1) is 13.6. The Labute approximate surface area is 168 Å². The molecule has 5 heteroatoms. The average molecular weight is 382 g/mol. The molecule has 2 aromatic rings. The lowest BCUT2D eigenvalue weighted by Gasteiger charge is -2.37. The lowest BCUT2D eigenvalue weighted by atomic mass is 9.94. The fraction of sp³-hybridized carbons (Fsp3) is 0.435. The number of rotatable bonds is 7. The van der Waals surface area contributed by atoms with Crippen molar-refractivity contribution in [1.82, 2.24) is 9.80 Å². The fourth-order valence-electron chi connectivity index (χ4n) is 3.65. The number of carbonyl (C=O) groups is 1. The molecule has 1 amide bonds. The van der Waals surface area contributed by atoms with Crippen molar-refractivity contribution in [2.24, 2.45) is 11.7 Å². The predicted molar refractivity (Wildman–Crippen MR) is 112 cm³/mol. The molecule has 1 fully saturated rings. The van der Waals surface area contributed by atoms with Crippen LogP contribution in [-0.2, 0) is 11.3 Å². The third kappa shape index (κ3) is 5.12. The number of ether oxygens (including phenoxy) is 1. The molecule has 0 aromatic heterocycles. The Kier molecular flexibility index (Phi) is 7.06. The molecule has 0 spiro atoms. The van der Waals surface area contributed by atoms with Crippen LogP contribution in [0.2, 0.25) is 0 Å². The average Bonchev–Trinajstić information content (AvgIpc) is 2.75. The van der Waals surface area contributed by atoms with Gasteiger partial charge in [-0.05, 0) is 30.2 Å². The molecular weight excluding hydrogens is 350 g/mol. The topological polar surface area (TPSA) is 58.8 Å². The minimum Gasteiger partial charge on any atom is -0.494 e. The molecule has 1 saturated heterocycles. The van der Waals surface area contributed by atoms with E-state index >= 15 is 0 Å². The van der Waals surface area contributed by atoms with Crippen LogP contribution in [-0.4, -0.2) is 48.5 Å². The van der Waals surface area contributed by atoms with Crippen molar-refractivity contribution in [1.29, 1.82) is 0 Å². The van der Waals surface area contributed by atoms with E-state index in [1.165, 1.54) is 5.56 Å². The zero-order chi connectivity index (χ0) is 19.9. The number of amides is 1. The lowest BCUT2D eigenvalue weighted by Crippen LogP contribution is -2.50. The Morgan fingerprint density at radius 1 is 1.04 bits per heavy atom. The zero-order valence-electron chi connectivity index (χ0n) is 16.9. The van der Waals surface area contributed by atoms with Gasteiger partial charge in [-0.2, -0.15) is 0 Å². The molecule has 1 aliphatic heterocycles. The van der Waals surface area contributed by atoms with Gasteiger partial charge in [0.25, 0.3) is 0 Å². The van der Waals surface area contributed by atoms with Crippen molar-refractivity contribution in [2.45, 2.75) is 26.4 Å². The molecule has 1 aliphatic rings. The maximum absolute atomic E-state index is 12.9. The third-order valence-electron chi connectivity index (χ3n) is 5.44. The molecule has 2 unspecified atom stereocenters. The van der Waals surface area contributed by atoms with Gasteiger partial charge in [0.2, 0.25) is 5.91 Å². The maximum Gasteiger partial charge on any atom is 0.227 e. The summed E-state index contributed by atoms with van der Waals surface area (Å²) < 4.78 is 5.50. The number of piperazine rings is 1. The largest absolute Gasteiger partial charge is 0.494 e. The second kappa shape index (κ2) is 9.71. The number of carbonyl (C=O) groups excluding carboxylic acids is 1. The predicted octanol–water partition coefficient (Wildman–Crippen LogP) is 3.07. The highest BCUT2D eigenvalue weighted by Crippen LogP contribution is 2.22. The Morgan fingerprint density at radius 2 is 1.68 bits per heavy atom. The summed E-state index contributed by atoms with van der Waals surface area (Å²) in [7, 11) is 0. The number of benzene rings is 2. The summed E-state index contributed by atoms with van der Waals surface area (Å²) in [6.45, 7) is 8.77. The van der Waals surface area contributed by atoms with Gasteiger partial charge in [-0.1, -0.05) is 49.4 Å². The molecule has 2 atom stereocenters. The van der Waals surface area contributed by atoms with Crippen molar-refractivity contribution in [3.05, 3.63) is 65.7 Å². The van der Waals surface area contributed by atoms with Crippen LogP contribution in [0.1, 0.15) is 31.0 Å². The Balaban J connectivity index is 1.49. The fourth-order valence-corrected chi connectivity index (χ4v) is 3.65. The summed E-state index contributed by atoms with van der Waals surface area (Å²) in [6, 6.07) is 17.9. The minimum atomic E-state index is -0.268. The van der Waals surface area contributed by atoms with Crippen molar-refractivity contribution in [3.63, 3.8) is 0 Å². The summed E-state index contributed by atoms with van der Waals surface area (Å²) >= 11 is 0. The van der Waals surface area contributed by atoms with Crippen molar-refractivity contribution < 1.29 is 9.53 Å². The van der Waals surface area contributed by atoms with Crippen molar-refractivity contribution >= 4 is 5.91 Å². The van der Waals surface area contributed by atoms with Crippen LogP contribution < -0.4 is 10.5 Å². The molecule has 28 heavy (non-hydrogen) atoms. The number of nitrogens with two attached hydrogens (primary N) is 1. The van der Waals surface area contributed by atoms with Gasteiger partial charge < -0.3 is 15.4 Å². The summed E-state index contributed by atoms with van der Waals surface area (Å²) in [4.78, 5) is 17.2. The van der Waals surface area contributed by atoms with Crippen LogP contribution in [0.25, 0.3) is 0 Å². The van der Waals surface area contributed by atoms with E-state index < -0.39 is 0 Å². The van der Waals surface area contributed by atoms with Gasteiger partial charge in [0, 0.05) is 38.8 Å². The standard InChI is InChI=1S/C23H31N3O2/c1-3-28-21-11-9-19(10-12-21)17-25-13-15-26(16-14-25)23(27)18(2)22(24)20-7-5-4-6-8-20/h4-12,18,22H,3,13-17,24H2,1-2H3. The van der Waals surface area contributed by atoms with Crippen LogP contribution in [0.15, 0.2) is 54.6 Å². The molecule has 0 aliphatic carbocycles. The van der Waals surface area contributed by atoms with E-state index in [0.717, 1.165) is 44.0 Å². The van der Waals surface area contributed by atoms with Gasteiger partial charge in [-0.15, -0.1) is 0 Å². The van der Waals surface area contributed by atoms with E-state index in [4.69, 9.17) is 10.5 Å². The van der Waals surface area contributed by atoms with E-state index in [1.54, 1.807) is 0 Å². The van der Waals surface area contributed by atoms with Crippen LogP contribution in [0.5, 0.6) is 5.75 Å². The molecule has 2 N–H and O–H groups in total. The molecule has 1 heterocycles. The van der Waals surface area contributed by atoms with E-state index in [0.29, 0.717) is 6.61 Å². The molecule has 2 aromatic carbocycles.